The van der Waals surface area contributed by atoms with Crippen LogP contribution >= 0.6 is 0 Å². The quantitative estimate of drug-likeness (QED) is 0.927. The van der Waals surface area contributed by atoms with E-state index in [2.05, 4.69) is 30.8 Å². The molecular weight excluding hydrogens is 266 g/mol. The maximum absolute atomic E-state index is 11.6. The van der Waals surface area contributed by atoms with Crippen molar-refractivity contribution in [1.82, 2.24) is 14.7 Å². The minimum Gasteiger partial charge on any atom is -0.480 e. The molecule has 118 valence electrons. The van der Waals surface area contributed by atoms with Crippen molar-refractivity contribution in [3.8, 4) is 0 Å². The lowest BCUT2D eigenvalue weighted by atomic mass is 10.0. The van der Waals surface area contributed by atoms with Gasteiger partial charge in [0.25, 0.3) is 0 Å². The van der Waals surface area contributed by atoms with Crippen molar-refractivity contribution in [2.45, 2.75) is 72.0 Å². The van der Waals surface area contributed by atoms with Crippen LogP contribution in [0.1, 0.15) is 62.5 Å². The molecule has 0 aromatic carbocycles. The molecule has 1 aromatic heterocycles. The van der Waals surface area contributed by atoms with Crippen molar-refractivity contribution < 1.29 is 9.90 Å². The second-order valence-electron chi connectivity index (χ2n) is 6.02. The molecule has 1 N–H and O–H groups in total. The van der Waals surface area contributed by atoms with Crippen LogP contribution < -0.4 is 0 Å². The minimum absolute atomic E-state index is 0.101. The van der Waals surface area contributed by atoms with Gasteiger partial charge >= 0.3 is 5.97 Å². The first kappa shape index (κ1) is 16.0. The third-order valence-electron chi connectivity index (χ3n) is 4.73. The first-order chi connectivity index (χ1) is 9.97. The van der Waals surface area contributed by atoms with Crippen molar-refractivity contribution in [1.29, 1.82) is 0 Å². The van der Waals surface area contributed by atoms with Crippen molar-refractivity contribution in [3.63, 3.8) is 0 Å². The Labute approximate surface area is 126 Å². The van der Waals surface area contributed by atoms with Crippen LogP contribution in [0.4, 0.5) is 0 Å². The molecule has 1 aliphatic rings. The predicted octanol–water partition coefficient (Wildman–Crippen LogP) is 2.91. The Morgan fingerprint density at radius 1 is 1.38 bits per heavy atom. The third-order valence-corrected chi connectivity index (χ3v) is 4.73. The van der Waals surface area contributed by atoms with Gasteiger partial charge in [-0.15, -0.1) is 0 Å². The number of aryl methyl sites for hydroxylation is 2. The van der Waals surface area contributed by atoms with E-state index in [4.69, 9.17) is 0 Å². The highest BCUT2D eigenvalue weighted by atomic mass is 16.4. The summed E-state index contributed by atoms with van der Waals surface area (Å²) in [5, 5.41) is 14.1. The number of carboxylic acids is 1. The van der Waals surface area contributed by atoms with E-state index in [9.17, 15) is 9.90 Å². The molecular formula is C16H27N3O2. The van der Waals surface area contributed by atoms with E-state index in [1.54, 1.807) is 0 Å². The van der Waals surface area contributed by atoms with Gasteiger partial charge in [0.05, 0.1) is 5.69 Å². The molecule has 0 amide bonds. The van der Waals surface area contributed by atoms with Gasteiger partial charge in [-0.1, -0.05) is 12.8 Å². The summed E-state index contributed by atoms with van der Waals surface area (Å²) in [6, 6.07) is -0.268. The average molecular weight is 293 g/mol. The van der Waals surface area contributed by atoms with Crippen LogP contribution in [0, 0.1) is 13.8 Å². The van der Waals surface area contributed by atoms with Crippen LogP contribution in [0.3, 0.4) is 0 Å². The van der Waals surface area contributed by atoms with Crippen LogP contribution in [0.2, 0.25) is 0 Å². The molecule has 0 aliphatic carbocycles. The average Bonchev–Trinajstić information content (AvgIpc) is 2.64. The lowest BCUT2D eigenvalue weighted by Crippen LogP contribution is -2.42. The van der Waals surface area contributed by atoms with Gasteiger partial charge in [-0.05, 0) is 47.1 Å². The highest BCUT2D eigenvalue weighted by Gasteiger charge is 2.33. The van der Waals surface area contributed by atoms with E-state index in [0.717, 1.165) is 50.2 Å². The maximum atomic E-state index is 11.6. The summed E-state index contributed by atoms with van der Waals surface area (Å²) in [5.41, 5.74) is 3.39. The summed E-state index contributed by atoms with van der Waals surface area (Å²) in [6.45, 7) is 10.0. The standard InChI is InChI=1S/C16H27N3O2/c1-5-19-13(4)15(11(2)17-19)12(3)18-10-8-6-7-9-14(18)16(20)21/h12,14H,5-10H2,1-4H3,(H,20,21). The van der Waals surface area contributed by atoms with E-state index in [0.29, 0.717) is 0 Å². The van der Waals surface area contributed by atoms with Crippen LogP contribution in [-0.2, 0) is 11.3 Å². The summed E-state index contributed by atoms with van der Waals surface area (Å²) in [7, 11) is 0. The molecule has 5 heteroatoms. The van der Waals surface area contributed by atoms with Gasteiger partial charge in [-0.3, -0.25) is 14.4 Å². The number of carbonyl (C=O) groups is 1. The number of hydrogen-bond donors (Lipinski definition) is 1. The van der Waals surface area contributed by atoms with Gasteiger partial charge in [0.1, 0.15) is 6.04 Å². The first-order valence-corrected chi connectivity index (χ1v) is 7.99. The Morgan fingerprint density at radius 2 is 2.10 bits per heavy atom. The minimum atomic E-state index is -0.693. The molecule has 5 nitrogen and oxygen atoms in total. The van der Waals surface area contributed by atoms with Crippen molar-refractivity contribution in [2.24, 2.45) is 0 Å². The molecule has 2 atom stereocenters. The van der Waals surface area contributed by atoms with E-state index in [1.165, 1.54) is 5.56 Å². The van der Waals surface area contributed by atoms with E-state index < -0.39 is 5.97 Å². The number of carboxylic acid groups (broad SMARTS) is 1. The number of hydrogen-bond acceptors (Lipinski definition) is 3. The Kier molecular flexibility index (Phi) is 5.04. The summed E-state index contributed by atoms with van der Waals surface area (Å²) in [5.74, 6) is -0.693. The monoisotopic (exact) mass is 293 g/mol. The highest BCUT2D eigenvalue weighted by Crippen LogP contribution is 2.31. The highest BCUT2D eigenvalue weighted by molar-refractivity contribution is 5.73. The summed E-state index contributed by atoms with van der Waals surface area (Å²) >= 11 is 0. The normalized spacial score (nSPS) is 22.0. The van der Waals surface area contributed by atoms with Gasteiger partial charge in [0, 0.05) is 23.8 Å². The second kappa shape index (κ2) is 6.60. The molecule has 1 fully saturated rings. The van der Waals surface area contributed by atoms with E-state index in [-0.39, 0.29) is 12.1 Å². The zero-order valence-electron chi connectivity index (χ0n) is 13.6. The number of aromatic nitrogens is 2. The Balaban J connectivity index is 2.34. The number of aliphatic carboxylic acids is 1. The molecule has 2 heterocycles. The molecule has 1 saturated heterocycles. The first-order valence-electron chi connectivity index (χ1n) is 7.99. The van der Waals surface area contributed by atoms with Crippen LogP contribution in [0.25, 0.3) is 0 Å². The molecule has 2 unspecified atom stereocenters. The van der Waals surface area contributed by atoms with Crippen LogP contribution in [0.5, 0.6) is 0 Å². The Bertz CT molecular complexity index is 510. The fourth-order valence-corrected chi connectivity index (χ4v) is 3.65. The van der Waals surface area contributed by atoms with Gasteiger partial charge in [-0.2, -0.15) is 5.10 Å². The van der Waals surface area contributed by atoms with Gasteiger partial charge in [-0.25, -0.2) is 0 Å². The van der Waals surface area contributed by atoms with Crippen LogP contribution in [0.15, 0.2) is 0 Å². The zero-order chi connectivity index (χ0) is 15.6. The smallest absolute Gasteiger partial charge is 0.320 e. The van der Waals surface area contributed by atoms with Crippen molar-refractivity contribution in [3.05, 3.63) is 17.0 Å². The largest absolute Gasteiger partial charge is 0.480 e. The molecule has 0 spiro atoms. The molecule has 1 aliphatic heterocycles. The number of likely N-dealkylation sites (tertiary alicyclic amines) is 1. The predicted molar refractivity (Wildman–Crippen MR) is 82.4 cm³/mol. The third kappa shape index (κ3) is 3.12. The number of nitrogens with zero attached hydrogens (tertiary/aromatic N) is 3. The SMILES string of the molecule is CCn1nc(C)c(C(C)N2CCCCCC2C(=O)O)c1C. The molecule has 0 bridgehead atoms. The van der Waals surface area contributed by atoms with Crippen LogP contribution in [-0.4, -0.2) is 38.3 Å². The maximum Gasteiger partial charge on any atom is 0.320 e. The van der Waals surface area contributed by atoms with Crippen molar-refractivity contribution >= 4 is 5.97 Å². The lowest BCUT2D eigenvalue weighted by molar-refractivity contribution is -0.144. The Morgan fingerprint density at radius 3 is 2.67 bits per heavy atom. The molecule has 1 aromatic rings. The van der Waals surface area contributed by atoms with Gasteiger partial charge in [0.2, 0.25) is 0 Å². The summed E-state index contributed by atoms with van der Waals surface area (Å²) in [4.78, 5) is 13.8. The topological polar surface area (TPSA) is 58.4 Å². The number of rotatable bonds is 4. The van der Waals surface area contributed by atoms with E-state index >= 15 is 0 Å². The van der Waals surface area contributed by atoms with Crippen molar-refractivity contribution in [2.75, 3.05) is 6.54 Å². The fourth-order valence-electron chi connectivity index (χ4n) is 3.65. The van der Waals surface area contributed by atoms with Gasteiger partial charge < -0.3 is 5.11 Å². The van der Waals surface area contributed by atoms with E-state index in [1.807, 2.05) is 11.6 Å². The summed E-state index contributed by atoms with van der Waals surface area (Å²) < 4.78 is 2.01. The molecule has 21 heavy (non-hydrogen) atoms. The fraction of sp³-hybridized carbons (Fsp3) is 0.750. The molecule has 0 radical (unpaired) electrons. The lowest BCUT2D eigenvalue weighted by Gasteiger charge is -2.33. The second-order valence-corrected chi connectivity index (χ2v) is 6.02. The molecule has 0 saturated carbocycles. The zero-order valence-corrected chi connectivity index (χ0v) is 13.6. The summed E-state index contributed by atoms with van der Waals surface area (Å²) in [6.07, 6.45) is 3.96. The molecule has 2 rings (SSSR count). The Hall–Kier alpha value is -1.36. The van der Waals surface area contributed by atoms with Gasteiger partial charge in [0.15, 0.2) is 0 Å².